The number of rotatable bonds is 5. The molecule has 1 unspecified atom stereocenters. The van der Waals surface area contributed by atoms with Crippen molar-refractivity contribution in [2.45, 2.75) is 13.0 Å². The molecule has 2 N–H and O–H groups in total. The van der Waals surface area contributed by atoms with Crippen LogP contribution >= 0.6 is 0 Å². The molecule has 2 rings (SSSR count). The van der Waals surface area contributed by atoms with E-state index in [-0.39, 0.29) is 11.5 Å². The maximum absolute atomic E-state index is 11.4. The first-order chi connectivity index (χ1) is 9.99. The van der Waals surface area contributed by atoms with E-state index in [9.17, 15) is 20.0 Å². The molecular weight excluding hydrogens is 274 g/mol. The van der Waals surface area contributed by atoms with Crippen LogP contribution in [0, 0.1) is 17.0 Å². The molecule has 0 aliphatic carbocycles. The maximum atomic E-state index is 11.4. The molecule has 21 heavy (non-hydrogen) atoms. The van der Waals surface area contributed by atoms with E-state index < -0.39 is 16.9 Å². The van der Waals surface area contributed by atoms with Crippen molar-refractivity contribution in [3.05, 3.63) is 63.8 Å². The van der Waals surface area contributed by atoms with E-state index in [4.69, 9.17) is 0 Å². The highest BCUT2D eigenvalue weighted by molar-refractivity contribution is 5.79. The summed E-state index contributed by atoms with van der Waals surface area (Å²) in [6, 6.07) is 8.74. The molecule has 0 saturated carbocycles. The Balaban J connectivity index is 2.32. The van der Waals surface area contributed by atoms with Crippen molar-refractivity contribution in [1.29, 1.82) is 0 Å². The fourth-order valence-corrected chi connectivity index (χ4v) is 1.87. The normalized spacial score (nSPS) is 11.7. The van der Waals surface area contributed by atoms with Crippen LogP contribution in [0.4, 0.5) is 11.5 Å². The van der Waals surface area contributed by atoms with E-state index >= 15 is 0 Å². The van der Waals surface area contributed by atoms with Gasteiger partial charge in [-0.1, -0.05) is 30.3 Å². The minimum absolute atomic E-state index is 0.107. The van der Waals surface area contributed by atoms with Crippen LogP contribution in [0.15, 0.2) is 42.6 Å². The molecule has 2 aromatic rings. The van der Waals surface area contributed by atoms with Crippen molar-refractivity contribution in [2.75, 3.05) is 5.32 Å². The predicted molar refractivity (Wildman–Crippen MR) is 76.1 cm³/mol. The lowest BCUT2D eigenvalue weighted by Gasteiger charge is -2.15. The molecule has 0 aliphatic rings. The average Bonchev–Trinajstić information content (AvgIpc) is 2.46. The number of carbonyl (C=O) groups is 1. The molecule has 0 radical (unpaired) electrons. The van der Waals surface area contributed by atoms with Gasteiger partial charge in [-0.15, -0.1) is 0 Å². The van der Waals surface area contributed by atoms with E-state index in [0.717, 1.165) is 0 Å². The number of aromatic nitrogens is 1. The first-order valence-corrected chi connectivity index (χ1v) is 6.14. The molecular formula is C14H13N3O4. The van der Waals surface area contributed by atoms with Crippen LogP contribution < -0.4 is 5.32 Å². The number of nitrogens with one attached hydrogen (secondary N) is 1. The van der Waals surface area contributed by atoms with Gasteiger partial charge in [-0.3, -0.25) is 10.1 Å². The minimum atomic E-state index is -1.09. The molecule has 0 amide bonds. The lowest BCUT2D eigenvalue weighted by Crippen LogP contribution is -2.21. The van der Waals surface area contributed by atoms with Crippen molar-refractivity contribution >= 4 is 17.5 Å². The number of hydrogen-bond donors (Lipinski definition) is 2. The minimum Gasteiger partial charge on any atom is -0.479 e. The molecule has 1 aromatic carbocycles. The topological polar surface area (TPSA) is 105 Å². The number of pyridine rings is 1. The third-order valence-electron chi connectivity index (χ3n) is 2.94. The highest BCUT2D eigenvalue weighted by Gasteiger charge is 2.21. The summed E-state index contributed by atoms with van der Waals surface area (Å²) < 4.78 is 0. The van der Waals surface area contributed by atoms with Crippen LogP contribution in [0.25, 0.3) is 0 Å². The van der Waals surface area contributed by atoms with Crippen LogP contribution in [0.5, 0.6) is 0 Å². The van der Waals surface area contributed by atoms with Gasteiger partial charge < -0.3 is 10.4 Å². The van der Waals surface area contributed by atoms with Crippen molar-refractivity contribution in [2.24, 2.45) is 0 Å². The van der Waals surface area contributed by atoms with Gasteiger partial charge in [-0.2, -0.15) is 0 Å². The van der Waals surface area contributed by atoms with Gasteiger partial charge in [0.25, 0.3) is 5.69 Å². The second-order valence-electron chi connectivity index (χ2n) is 4.44. The van der Waals surface area contributed by atoms with Gasteiger partial charge in [-0.05, 0) is 12.5 Å². The smallest absolute Gasteiger partial charge is 0.330 e. The Morgan fingerprint density at radius 3 is 2.62 bits per heavy atom. The zero-order valence-electron chi connectivity index (χ0n) is 11.2. The monoisotopic (exact) mass is 287 g/mol. The number of aryl methyl sites for hydroxylation is 1. The summed E-state index contributed by atoms with van der Waals surface area (Å²) >= 11 is 0. The van der Waals surface area contributed by atoms with E-state index in [1.807, 2.05) is 0 Å². The summed E-state index contributed by atoms with van der Waals surface area (Å²) in [5.74, 6) is -0.949. The van der Waals surface area contributed by atoms with Gasteiger partial charge in [0, 0.05) is 11.8 Å². The average molecular weight is 287 g/mol. The molecule has 1 heterocycles. The number of benzene rings is 1. The third kappa shape index (κ3) is 3.33. The van der Waals surface area contributed by atoms with Gasteiger partial charge in [0.2, 0.25) is 0 Å². The van der Waals surface area contributed by atoms with Gasteiger partial charge >= 0.3 is 5.97 Å². The summed E-state index contributed by atoms with van der Waals surface area (Å²) in [5.41, 5.74) is 0.844. The van der Waals surface area contributed by atoms with Crippen LogP contribution in [0.3, 0.4) is 0 Å². The van der Waals surface area contributed by atoms with E-state index in [0.29, 0.717) is 11.1 Å². The molecule has 0 spiro atoms. The highest BCUT2D eigenvalue weighted by Crippen LogP contribution is 2.23. The first-order valence-electron chi connectivity index (χ1n) is 6.14. The van der Waals surface area contributed by atoms with Crippen LogP contribution in [-0.4, -0.2) is 21.0 Å². The Hall–Kier alpha value is -2.96. The first kappa shape index (κ1) is 14.4. The Kier molecular flexibility index (Phi) is 4.13. The zero-order chi connectivity index (χ0) is 15.4. The van der Waals surface area contributed by atoms with Gasteiger partial charge in [0.05, 0.1) is 11.0 Å². The Morgan fingerprint density at radius 2 is 2.05 bits per heavy atom. The van der Waals surface area contributed by atoms with Crippen LogP contribution in [0.2, 0.25) is 0 Å². The Bertz CT molecular complexity index is 673. The highest BCUT2D eigenvalue weighted by atomic mass is 16.6. The number of nitro groups is 1. The lowest BCUT2D eigenvalue weighted by atomic mass is 10.1. The quantitative estimate of drug-likeness (QED) is 0.646. The Morgan fingerprint density at radius 1 is 1.38 bits per heavy atom. The maximum Gasteiger partial charge on any atom is 0.330 e. The number of carboxylic acids is 1. The molecule has 1 atom stereocenters. The fourth-order valence-electron chi connectivity index (χ4n) is 1.87. The molecule has 0 saturated heterocycles. The summed E-state index contributed by atoms with van der Waals surface area (Å²) in [6.07, 6.45) is 1.34. The second kappa shape index (κ2) is 6.00. The van der Waals surface area contributed by atoms with Gasteiger partial charge in [-0.25, -0.2) is 9.78 Å². The molecule has 0 bridgehead atoms. The second-order valence-corrected chi connectivity index (χ2v) is 4.44. The van der Waals surface area contributed by atoms with Crippen LogP contribution in [-0.2, 0) is 4.79 Å². The molecule has 7 heteroatoms. The van der Waals surface area contributed by atoms with E-state index in [1.165, 1.54) is 12.3 Å². The molecule has 108 valence electrons. The zero-order valence-corrected chi connectivity index (χ0v) is 11.2. The van der Waals surface area contributed by atoms with Crippen molar-refractivity contribution in [3.8, 4) is 0 Å². The third-order valence-corrected chi connectivity index (χ3v) is 2.94. The molecule has 7 nitrogen and oxygen atoms in total. The number of aliphatic carboxylic acids is 1. The van der Waals surface area contributed by atoms with Gasteiger partial charge in [0.15, 0.2) is 6.04 Å². The van der Waals surface area contributed by atoms with Crippen molar-refractivity contribution in [3.63, 3.8) is 0 Å². The van der Waals surface area contributed by atoms with E-state index in [2.05, 4.69) is 10.3 Å². The summed E-state index contributed by atoms with van der Waals surface area (Å²) in [7, 11) is 0. The summed E-state index contributed by atoms with van der Waals surface area (Å²) in [4.78, 5) is 25.7. The van der Waals surface area contributed by atoms with Crippen molar-refractivity contribution in [1.82, 2.24) is 4.98 Å². The summed E-state index contributed by atoms with van der Waals surface area (Å²) in [6.45, 7) is 1.57. The standard InChI is InChI=1S/C14H13N3O4/c1-9-8-15-12(7-11(9)17(20)21)16-13(14(18)19)10-5-3-2-4-6-10/h2-8,13H,1H3,(H,15,16)(H,18,19). The number of nitrogens with zero attached hydrogens (tertiary/aromatic N) is 2. The molecule has 1 aromatic heterocycles. The SMILES string of the molecule is Cc1cnc(NC(C(=O)O)c2ccccc2)cc1[N+](=O)[O-]. The number of hydrogen-bond acceptors (Lipinski definition) is 5. The largest absolute Gasteiger partial charge is 0.479 e. The number of carboxylic acid groups (broad SMARTS) is 1. The molecule has 0 fully saturated rings. The Labute approximate surface area is 120 Å². The van der Waals surface area contributed by atoms with Crippen LogP contribution in [0.1, 0.15) is 17.2 Å². The van der Waals surface area contributed by atoms with Crippen molar-refractivity contribution < 1.29 is 14.8 Å². The fraction of sp³-hybridized carbons (Fsp3) is 0.143. The lowest BCUT2D eigenvalue weighted by molar-refractivity contribution is -0.385. The summed E-state index contributed by atoms with van der Waals surface area (Å²) in [5, 5.41) is 22.9. The number of anilines is 1. The van der Waals surface area contributed by atoms with Gasteiger partial charge in [0.1, 0.15) is 5.82 Å². The molecule has 0 aliphatic heterocycles. The predicted octanol–water partition coefficient (Wildman–Crippen LogP) is 2.54. The van der Waals surface area contributed by atoms with E-state index in [1.54, 1.807) is 37.3 Å².